The summed E-state index contributed by atoms with van der Waals surface area (Å²) in [5.74, 6) is -0.777. The van der Waals surface area contributed by atoms with E-state index >= 15 is 0 Å². The zero-order valence-electron chi connectivity index (χ0n) is 11.5. The number of nitrogens with one attached hydrogen (secondary N) is 1. The highest BCUT2D eigenvalue weighted by atomic mass is 32.2. The molecule has 0 aliphatic heterocycles. The molecule has 2 N–H and O–H groups in total. The van der Waals surface area contributed by atoms with E-state index in [1.54, 1.807) is 6.26 Å². The van der Waals surface area contributed by atoms with Crippen LogP contribution in [0.15, 0.2) is 0 Å². The lowest BCUT2D eigenvalue weighted by molar-refractivity contribution is -0.143. The van der Waals surface area contributed by atoms with Crippen LogP contribution < -0.4 is 5.32 Å². The molecule has 0 heterocycles. The van der Waals surface area contributed by atoms with Crippen molar-refractivity contribution >= 4 is 23.8 Å². The van der Waals surface area contributed by atoms with E-state index in [4.69, 9.17) is 5.11 Å². The highest BCUT2D eigenvalue weighted by Crippen LogP contribution is 2.18. The fourth-order valence-corrected chi connectivity index (χ4v) is 1.88. The average Bonchev–Trinajstić information content (AvgIpc) is 2.29. The van der Waals surface area contributed by atoms with Crippen molar-refractivity contribution in [2.45, 2.75) is 38.5 Å². The van der Waals surface area contributed by atoms with Gasteiger partial charge in [0.05, 0.1) is 0 Å². The van der Waals surface area contributed by atoms with E-state index in [2.05, 4.69) is 5.32 Å². The summed E-state index contributed by atoms with van der Waals surface area (Å²) in [6, 6.07) is -2.90. The number of alkyl halides is 3. The monoisotopic (exact) mass is 316 g/mol. The standard InChI is InChI=1S/C11H19F3N2O3S/c1-7(2)16(6-11(12,13)14)10(19)15-8(9(17)18)4-5-20-3/h7-8H,4-6H2,1-3H3,(H,15,19)(H,17,18). The van der Waals surface area contributed by atoms with E-state index < -0.39 is 36.8 Å². The normalized spacial score (nSPS) is 13.2. The van der Waals surface area contributed by atoms with Gasteiger partial charge in [0.1, 0.15) is 12.6 Å². The molecule has 0 spiro atoms. The predicted octanol–water partition coefficient (Wildman–Crippen LogP) is 2.17. The van der Waals surface area contributed by atoms with Gasteiger partial charge in [0, 0.05) is 6.04 Å². The minimum Gasteiger partial charge on any atom is -0.480 e. The molecule has 0 bridgehead atoms. The minimum atomic E-state index is -4.53. The third kappa shape index (κ3) is 7.46. The van der Waals surface area contributed by atoms with E-state index in [1.165, 1.54) is 25.6 Å². The molecule has 0 saturated carbocycles. The van der Waals surface area contributed by atoms with Crippen molar-refractivity contribution in [3.63, 3.8) is 0 Å². The van der Waals surface area contributed by atoms with Crippen LogP contribution in [0.1, 0.15) is 20.3 Å². The Kier molecular flexibility index (Phi) is 7.77. The maximum atomic E-state index is 12.4. The van der Waals surface area contributed by atoms with Crippen LogP contribution in [0.4, 0.5) is 18.0 Å². The summed E-state index contributed by atoms with van der Waals surface area (Å²) in [4.78, 5) is 23.3. The van der Waals surface area contributed by atoms with E-state index in [0.717, 1.165) is 0 Å². The van der Waals surface area contributed by atoms with Gasteiger partial charge in [-0.2, -0.15) is 24.9 Å². The number of aliphatic carboxylic acids is 1. The Balaban J connectivity index is 4.76. The number of amides is 2. The molecular formula is C11H19F3N2O3S. The number of carboxylic acids is 1. The molecule has 118 valence electrons. The van der Waals surface area contributed by atoms with Crippen LogP contribution in [0.25, 0.3) is 0 Å². The SMILES string of the molecule is CSCCC(NC(=O)N(CC(F)(F)F)C(C)C)C(=O)O. The molecule has 9 heteroatoms. The van der Waals surface area contributed by atoms with Crippen LogP contribution >= 0.6 is 11.8 Å². The Morgan fingerprint density at radius 1 is 1.35 bits per heavy atom. The van der Waals surface area contributed by atoms with E-state index in [9.17, 15) is 22.8 Å². The molecule has 5 nitrogen and oxygen atoms in total. The summed E-state index contributed by atoms with van der Waals surface area (Å²) in [5, 5.41) is 11.1. The number of carbonyl (C=O) groups excluding carboxylic acids is 1. The lowest BCUT2D eigenvalue weighted by Gasteiger charge is -2.29. The van der Waals surface area contributed by atoms with Crippen LogP contribution in [0.3, 0.4) is 0 Å². The van der Waals surface area contributed by atoms with Crippen molar-refractivity contribution in [2.75, 3.05) is 18.6 Å². The number of nitrogens with zero attached hydrogens (tertiary/aromatic N) is 1. The maximum absolute atomic E-state index is 12.4. The fraction of sp³-hybridized carbons (Fsp3) is 0.818. The van der Waals surface area contributed by atoms with Crippen LogP contribution in [-0.2, 0) is 4.79 Å². The number of hydrogen-bond donors (Lipinski definition) is 2. The second-order valence-corrected chi connectivity index (χ2v) is 5.44. The molecule has 1 unspecified atom stereocenters. The second kappa shape index (κ2) is 8.23. The van der Waals surface area contributed by atoms with Gasteiger partial charge in [0.2, 0.25) is 0 Å². The molecule has 0 fully saturated rings. The Labute approximate surface area is 119 Å². The summed E-state index contributed by atoms with van der Waals surface area (Å²) in [5.41, 5.74) is 0. The largest absolute Gasteiger partial charge is 0.480 e. The third-order valence-electron chi connectivity index (χ3n) is 2.44. The molecule has 20 heavy (non-hydrogen) atoms. The number of hydrogen-bond acceptors (Lipinski definition) is 3. The zero-order chi connectivity index (χ0) is 15.9. The highest BCUT2D eigenvalue weighted by molar-refractivity contribution is 7.98. The van der Waals surface area contributed by atoms with Gasteiger partial charge in [-0.15, -0.1) is 0 Å². The van der Waals surface area contributed by atoms with Crippen LogP contribution in [0.2, 0.25) is 0 Å². The molecule has 0 aromatic carbocycles. The first-order valence-corrected chi connectivity index (χ1v) is 7.33. The Morgan fingerprint density at radius 3 is 2.25 bits per heavy atom. The Bertz CT molecular complexity index is 337. The number of carboxylic acid groups (broad SMARTS) is 1. The molecule has 0 aliphatic carbocycles. The topological polar surface area (TPSA) is 69.6 Å². The molecule has 0 saturated heterocycles. The zero-order valence-corrected chi connectivity index (χ0v) is 12.3. The maximum Gasteiger partial charge on any atom is 0.406 e. The molecule has 0 aliphatic rings. The Morgan fingerprint density at radius 2 is 1.90 bits per heavy atom. The van der Waals surface area contributed by atoms with Crippen molar-refractivity contribution in [1.82, 2.24) is 10.2 Å². The van der Waals surface area contributed by atoms with Crippen molar-refractivity contribution < 1.29 is 27.9 Å². The smallest absolute Gasteiger partial charge is 0.406 e. The lowest BCUT2D eigenvalue weighted by atomic mass is 10.2. The Hall–Kier alpha value is -1.12. The molecule has 2 amide bonds. The second-order valence-electron chi connectivity index (χ2n) is 4.46. The van der Waals surface area contributed by atoms with Crippen LogP contribution in [0, 0.1) is 0 Å². The summed E-state index contributed by atoms with van der Waals surface area (Å²) in [6.45, 7) is 1.46. The van der Waals surface area contributed by atoms with E-state index in [0.29, 0.717) is 10.7 Å². The number of carbonyl (C=O) groups is 2. The summed E-state index contributed by atoms with van der Waals surface area (Å²) in [6.07, 6.45) is -2.61. The summed E-state index contributed by atoms with van der Waals surface area (Å²) >= 11 is 1.39. The van der Waals surface area contributed by atoms with Gasteiger partial charge >= 0.3 is 18.2 Å². The quantitative estimate of drug-likeness (QED) is 0.755. The molecule has 0 radical (unpaired) electrons. The van der Waals surface area contributed by atoms with Crippen molar-refractivity contribution in [1.29, 1.82) is 0 Å². The lowest BCUT2D eigenvalue weighted by Crippen LogP contribution is -2.52. The number of rotatable bonds is 7. The highest BCUT2D eigenvalue weighted by Gasteiger charge is 2.35. The fourth-order valence-electron chi connectivity index (χ4n) is 1.41. The van der Waals surface area contributed by atoms with Gasteiger partial charge in [0.15, 0.2) is 0 Å². The van der Waals surface area contributed by atoms with Crippen LogP contribution in [0.5, 0.6) is 0 Å². The van der Waals surface area contributed by atoms with Gasteiger partial charge in [-0.3, -0.25) is 0 Å². The minimum absolute atomic E-state index is 0.153. The summed E-state index contributed by atoms with van der Waals surface area (Å²) in [7, 11) is 0. The first-order chi connectivity index (χ1) is 9.08. The molecule has 0 aromatic rings. The average molecular weight is 316 g/mol. The number of halogens is 3. The van der Waals surface area contributed by atoms with E-state index in [1.807, 2.05) is 0 Å². The van der Waals surface area contributed by atoms with Gasteiger partial charge < -0.3 is 15.3 Å². The molecular weight excluding hydrogens is 297 g/mol. The van der Waals surface area contributed by atoms with Crippen molar-refractivity contribution in [3.05, 3.63) is 0 Å². The van der Waals surface area contributed by atoms with Crippen molar-refractivity contribution in [2.24, 2.45) is 0 Å². The number of urea groups is 1. The summed E-state index contributed by atoms with van der Waals surface area (Å²) < 4.78 is 37.2. The first kappa shape index (κ1) is 18.9. The van der Waals surface area contributed by atoms with E-state index in [-0.39, 0.29) is 6.42 Å². The third-order valence-corrected chi connectivity index (χ3v) is 3.08. The van der Waals surface area contributed by atoms with Gasteiger partial charge in [-0.25, -0.2) is 9.59 Å². The van der Waals surface area contributed by atoms with Crippen molar-refractivity contribution in [3.8, 4) is 0 Å². The predicted molar refractivity (Wildman–Crippen MR) is 70.9 cm³/mol. The van der Waals surface area contributed by atoms with Gasteiger partial charge in [-0.1, -0.05) is 0 Å². The molecule has 0 rings (SSSR count). The van der Waals surface area contributed by atoms with Crippen LogP contribution in [-0.4, -0.2) is 58.8 Å². The molecule has 0 aromatic heterocycles. The number of thioether (sulfide) groups is 1. The van der Waals surface area contributed by atoms with Gasteiger partial charge in [-0.05, 0) is 32.3 Å². The molecule has 1 atom stereocenters. The first-order valence-electron chi connectivity index (χ1n) is 5.94. The van der Waals surface area contributed by atoms with Gasteiger partial charge in [0.25, 0.3) is 0 Å².